The first-order valence-corrected chi connectivity index (χ1v) is 13.6. The average Bonchev–Trinajstić information content (AvgIpc) is 3.14. The van der Waals surface area contributed by atoms with E-state index in [9.17, 15) is 24.9 Å². The Kier molecular flexibility index (Phi) is 8.67. The molecule has 196 valence electrons. The van der Waals surface area contributed by atoms with Crippen LogP contribution in [0.5, 0.6) is 5.75 Å². The van der Waals surface area contributed by atoms with Crippen molar-refractivity contribution in [2.24, 2.45) is 17.8 Å². The molecule has 1 aliphatic heterocycles. The van der Waals surface area contributed by atoms with Crippen molar-refractivity contribution in [3.05, 3.63) is 75.3 Å². The van der Waals surface area contributed by atoms with Crippen LogP contribution in [0, 0.1) is 17.8 Å². The third kappa shape index (κ3) is 5.59. The number of halogens is 1. The number of anilines is 1. The van der Waals surface area contributed by atoms with Crippen molar-refractivity contribution >= 4 is 39.5 Å². The van der Waals surface area contributed by atoms with Crippen molar-refractivity contribution in [2.75, 3.05) is 11.5 Å². The lowest BCUT2D eigenvalue weighted by molar-refractivity contribution is -0.123. The number of amides is 2. The van der Waals surface area contributed by atoms with E-state index >= 15 is 0 Å². The number of phenols is 1. The number of hydrogen-bond acceptors (Lipinski definition) is 5. The van der Waals surface area contributed by atoms with Crippen molar-refractivity contribution in [1.29, 1.82) is 0 Å². The highest BCUT2D eigenvalue weighted by molar-refractivity contribution is 9.10. The molecule has 4 rings (SSSR count). The number of aliphatic hydroxyl groups is 2. The van der Waals surface area contributed by atoms with Gasteiger partial charge in [0.15, 0.2) is 0 Å². The second-order valence-electron chi connectivity index (χ2n) is 10.0. The fraction of sp³-hybridized carbons (Fsp3) is 0.400. The summed E-state index contributed by atoms with van der Waals surface area (Å²) in [6.45, 7) is 3.70. The smallest absolute Gasteiger partial charge is 0.238 e. The minimum absolute atomic E-state index is 0.182. The predicted octanol–water partition coefficient (Wildman–Crippen LogP) is 5.61. The molecule has 1 saturated heterocycles. The standard InChI is InChI=1S/C30H34BrNO5/c1-3-7-19-16-23-28(30(37)32(29(23)36)22-8-5-4-6-9-22)24(17-33)27(19)26(35)12-10-18(2)14-20-15-21(31)11-13-25(20)34/h4-6,8-9,11,13-15,23-24,26,28,33-35H,3,7,10,12,16-17H2,1-2H3/b18-14+/t23-,24+,26-,28-/m1/s1. The number of carbonyl (C=O) groups excluding carboxylic acids is 2. The van der Waals surface area contributed by atoms with Gasteiger partial charge in [-0.25, -0.2) is 0 Å². The molecule has 7 heteroatoms. The van der Waals surface area contributed by atoms with Crippen molar-refractivity contribution in [2.45, 2.75) is 52.1 Å². The number of imide groups is 1. The lowest BCUT2D eigenvalue weighted by atomic mass is 9.67. The van der Waals surface area contributed by atoms with Crippen LogP contribution >= 0.6 is 15.9 Å². The summed E-state index contributed by atoms with van der Waals surface area (Å²) >= 11 is 3.42. The molecule has 0 aromatic heterocycles. The predicted molar refractivity (Wildman–Crippen MR) is 148 cm³/mol. The van der Waals surface area contributed by atoms with E-state index in [2.05, 4.69) is 15.9 Å². The van der Waals surface area contributed by atoms with E-state index in [1.807, 2.05) is 32.1 Å². The fourth-order valence-corrected chi connectivity index (χ4v) is 6.21. The molecule has 1 fully saturated rings. The minimum atomic E-state index is -0.840. The third-order valence-electron chi connectivity index (χ3n) is 7.51. The number of allylic oxidation sites excluding steroid dienone is 2. The Morgan fingerprint density at radius 2 is 1.89 bits per heavy atom. The summed E-state index contributed by atoms with van der Waals surface area (Å²) < 4.78 is 0.863. The first-order valence-electron chi connectivity index (χ1n) is 12.9. The van der Waals surface area contributed by atoms with Crippen LogP contribution in [0.2, 0.25) is 0 Å². The monoisotopic (exact) mass is 567 g/mol. The van der Waals surface area contributed by atoms with Gasteiger partial charge >= 0.3 is 0 Å². The Morgan fingerprint density at radius 1 is 1.16 bits per heavy atom. The van der Waals surface area contributed by atoms with Gasteiger partial charge in [-0.1, -0.05) is 64.7 Å². The normalized spacial score (nSPS) is 23.0. The molecule has 4 atom stereocenters. The SMILES string of the molecule is CCCC1=C([C@H](O)CC/C(C)=C/c2cc(Br)ccc2O)[C@H](CO)[C@@H]2C(=O)N(c3ccccc3)C(=O)[C@@H]2C1. The summed E-state index contributed by atoms with van der Waals surface area (Å²) in [7, 11) is 0. The van der Waals surface area contributed by atoms with Gasteiger partial charge in [-0.3, -0.25) is 14.5 Å². The van der Waals surface area contributed by atoms with Crippen LogP contribution in [0.25, 0.3) is 6.08 Å². The van der Waals surface area contributed by atoms with Crippen LogP contribution in [0.3, 0.4) is 0 Å². The molecule has 1 heterocycles. The molecule has 0 saturated carbocycles. The van der Waals surface area contributed by atoms with Crippen LogP contribution in [-0.2, 0) is 9.59 Å². The zero-order valence-corrected chi connectivity index (χ0v) is 22.8. The maximum absolute atomic E-state index is 13.5. The second-order valence-corrected chi connectivity index (χ2v) is 10.9. The van der Waals surface area contributed by atoms with Crippen LogP contribution in [0.15, 0.2) is 69.7 Å². The van der Waals surface area contributed by atoms with Gasteiger partial charge in [0.1, 0.15) is 5.75 Å². The van der Waals surface area contributed by atoms with E-state index in [-0.39, 0.29) is 24.2 Å². The number of para-hydroxylation sites is 1. The molecule has 0 radical (unpaired) electrons. The van der Waals surface area contributed by atoms with Crippen molar-refractivity contribution in [1.82, 2.24) is 0 Å². The number of rotatable bonds is 9. The molecule has 6 nitrogen and oxygen atoms in total. The van der Waals surface area contributed by atoms with E-state index < -0.39 is 23.9 Å². The topological polar surface area (TPSA) is 98.1 Å². The second kappa shape index (κ2) is 11.8. The minimum Gasteiger partial charge on any atom is -0.507 e. The maximum Gasteiger partial charge on any atom is 0.238 e. The largest absolute Gasteiger partial charge is 0.507 e. The zero-order valence-electron chi connectivity index (χ0n) is 21.2. The van der Waals surface area contributed by atoms with Crippen LogP contribution in [0.4, 0.5) is 5.69 Å². The quantitative estimate of drug-likeness (QED) is 0.270. The first kappa shape index (κ1) is 27.3. The Bertz CT molecular complexity index is 1220. The van der Waals surface area contributed by atoms with Gasteiger partial charge in [0.2, 0.25) is 11.8 Å². The molecular formula is C30H34BrNO5. The maximum atomic E-state index is 13.5. The Labute approximate surface area is 226 Å². The number of phenolic OH excluding ortho intramolecular Hbond substituents is 1. The number of hydrogen-bond donors (Lipinski definition) is 3. The molecule has 2 aromatic carbocycles. The van der Waals surface area contributed by atoms with Gasteiger partial charge in [0, 0.05) is 16.0 Å². The molecular weight excluding hydrogens is 534 g/mol. The molecule has 2 amide bonds. The van der Waals surface area contributed by atoms with Crippen molar-refractivity contribution < 1.29 is 24.9 Å². The number of fused-ring (bicyclic) bond motifs is 1. The Morgan fingerprint density at radius 3 is 2.57 bits per heavy atom. The zero-order chi connectivity index (χ0) is 26.7. The van der Waals surface area contributed by atoms with Crippen LogP contribution in [0.1, 0.15) is 51.5 Å². The van der Waals surface area contributed by atoms with E-state index in [4.69, 9.17) is 0 Å². The molecule has 0 spiro atoms. The molecule has 2 aromatic rings. The average molecular weight is 569 g/mol. The molecule has 0 bridgehead atoms. The van der Waals surface area contributed by atoms with E-state index in [0.29, 0.717) is 36.9 Å². The third-order valence-corrected chi connectivity index (χ3v) is 8.00. The Hall–Kier alpha value is -2.74. The van der Waals surface area contributed by atoms with E-state index in [1.165, 1.54) is 4.90 Å². The van der Waals surface area contributed by atoms with Crippen molar-refractivity contribution in [3.63, 3.8) is 0 Å². The first-order chi connectivity index (χ1) is 17.8. The Balaban J connectivity index is 1.59. The number of nitrogens with zero attached hydrogens (tertiary/aromatic N) is 1. The highest BCUT2D eigenvalue weighted by Gasteiger charge is 2.55. The molecule has 1 aliphatic carbocycles. The summed E-state index contributed by atoms with van der Waals surface area (Å²) in [5, 5.41) is 32.0. The fourth-order valence-electron chi connectivity index (χ4n) is 5.83. The molecule has 0 unspecified atom stereocenters. The van der Waals surface area contributed by atoms with Crippen LogP contribution in [-0.4, -0.2) is 39.8 Å². The van der Waals surface area contributed by atoms with Gasteiger partial charge in [-0.15, -0.1) is 0 Å². The van der Waals surface area contributed by atoms with Gasteiger partial charge in [0.25, 0.3) is 0 Å². The molecule has 37 heavy (non-hydrogen) atoms. The summed E-state index contributed by atoms with van der Waals surface area (Å²) in [5.41, 5.74) is 3.93. The van der Waals surface area contributed by atoms with E-state index in [0.717, 1.165) is 27.6 Å². The van der Waals surface area contributed by atoms with E-state index in [1.54, 1.807) is 36.4 Å². The van der Waals surface area contributed by atoms with Gasteiger partial charge in [-0.05, 0) is 68.5 Å². The summed E-state index contributed by atoms with van der Waals surface area (Å²) in [6, 6.07) is 14.1. The highest BCUT2D eigenvalue weighted by atomic mass is 79.9. The number of aromatic hydroxyl groups is 1. The van der Waals surface area contributed by atoms with Gasteiger partial charge in [0.05, 0.1) is 30.2 Å². The summed E-state index contributed by atoms with van der Waals surface area (Å²) in [5.74, 6) is -2.15. The molecule has 3 N–H and O–H groups in total. The van der Waals surface area contributed by atoms with Gasteiger partial charge < -0.3 is 15.3 Å². The van der Waals surface area contributed by atoms with Crippen LogP contribution < -0.4 is 4.90 Å². The lowest BCUT2D eigenvalue weighted by Crippen LogP contribution is -2.39. The lowest BCUT2D eigenvalue weighted by Gasteiger charge is -2.36. The highest BCUT2D eigenvalue weighted by Crippen LogP contribution is 2.48. The number of aliphatic hydroxyl groups excluding tert-OH is 2. The van der Waals surface area contributed by atoms with Crippen molar-refractivity contribution in [3.8, 4) is 5.75 Å². The van der Waals surface area contributed by atoms with Gasteiger partial charge in [-0.2, -0.15) is 0 Å². The number of carbonyl (C=O) groups is 2. The molecule has 2 aliphatic rings. The number of benzene rings is 2. The summed E-state index contributed by atoms with van der Waals surface area (Å²) in [4.78, 5) is 28.2. The summed E-state index contributed by atoms with van der Waals surface area (Å²) in [6.07, 6.45) is 4.02.